The molecule has 1 heterocycles. The fourth-order valence-electron chi connectivity index (χ4n) is 1.61. The van der Waals surface area contributed by atoms with Crippen LogP contribution in [0.5, 0.6) is 0 Å². The van der Waals surface area contributed by atoms with E-state index in [1.54, 1.807) is 14.2 Å². The van der Waals surface area contributed by atoms with Crippen LogP contribution < -0.4 is 5.32 Å². The monoisotopic (exact) mass is 239 g/mol. The molecule has 15 heavy (non-hydrogen) atoms. The molecular weight excluding hydrogens is 222 g/mol. The maximum atomic E-state index is 11.2. The van der Waals surface area contributed by atoms with Gasteiger partial charge in [-0.25, -0.2) is 0 Å². The van der Waals surface area contributed by atoms with Gasteiger partial charge in [0, 0.05) is 20.6 Å². The topological polar surface area (TPSA) is 56.8 Å². The molecule has 1 unspecified atom stereocenters. The number of rotatable bonds is 3. The van der Waals surface area contributed by atoms with Gasteiger partial charge in [-0.05, 0) is 6.42 Å². The molecule has 0 bridgehead atoms. The SMILES string of the molecule is COC(=O)C1CCC(OC)(OC)CN1.Cl. The van der Waals surface area contributed by atoms with Crippen LogP contribution in [0, 0.1) is 0 Å². The minimum Gasteiger partial charge on any atom is -0.468 e. The van der Waals surface area contributed by atoms with Gasteiger partial charge >= 0.3 is 5.97 Å². The van der Waals surface area contributed by atoms with Crippen LogP contribution in [0.1, 0.15) is 12.8 Å². The van der Waals surface area contributed by atoms with Crippen molar-refractivity contribution < 1.29 is 19.0 Å². The summed E-state index contributed by atoms with van der Waals surface area (Å²) in [6.07, 6.45) is 1.35. The number of methoxy groups -OCH3 is 3. The summed E-state index contributed by atoms with van der Waals surface area (Å²) in [7, 11) is 4.59. The van der Waals surface area contributed by atoms with Crippen LogP contribution in [0.15, 0.2) is 0 Å². The molecule has 90 valence electrons. The Labute approximate surface area is 95.9 Å². The normalized spacial score (nSPS) is 24.1. The third-order valence-electron chi connectivity index (χ3n) is 2.66. The highest BCUT2D eigenvalue weighted by molar-refractivity contribution is 5.85. The van der Waals surface area contributed by atoms with Crippen molar-refractivity contribution in [3.63, 3.8) is 0 Å². The standard InChI is InChI=1S/C9H17NO4.ClH/c1-12-8(11)7-4-5-9(13-2,14-3)6-10-7;/h7,10H,4-6H2,1-3H3;1H. The molecule has 1 rings (SSSR count). The van der Waals surface area contributed by atoms with E-state index >= 15 is 0 Å². The van der Waals surface area contributed by atoms with E-state index in [-0.39, 0.29) is 24.4 Å². The van der Waals surface area contributed by atoms with Gasteiger partial charge in [0.05, 0.1) is 13.7 Å². The van der Waals surface area contributed by atoms with Crippen molar-refractivity contribution in [3.8, 4) is 0 Å². The zero-order valence-corrected chi connectivity index (χ0v) is 10.1. The number of nitrogens with one attached hydrogen (secondary N) is 1. The van der Waals surface area contributed by atoms with E-state index in [0.717, 1.165) is 0 Å². The molecule has 0 aliphatic carbocycles. The van der Waals surface area contributed by atoms with Gasteiger partial charge in [-0.15, -0.1) is 12.4 Å². The summed E-state index contributed by atoms with van der Waals surface area (Å²) in [5, 5.41) is 3.04. The van der Waals surface area contributed by atoms with Gasteiger partial charge in [-0.1, -0.05) is 0 Å². The average Bonchev–Trinajstić information content (AvgIpc) is 2.28. The first-order chi connectivity index (χ1) is 6.67. The lowest BCUT2D eigenvalue weighted by molar-refractivity contribution is -0.218. The first-order valence-corrected chi connectivity index (χ1v) is 4.59. The van der Waals surface area contributed by atoms with Crippen molar-refractivity contribution in [1.82, 2.24) is 5.32 Å². The van der Waals surface area contributed by atoms with E-state index < -0.39 is 5.79 Å². The molecule has 5 nitrogen and oxygen atoms in total. The smallest absolute Gasteiger partial charge is 0.322 e. The predicted octanol–water partition coefficient (Wildman–Crippen LogP) is 0.322. The van der Waals surface area contributed by atoms with Crippen molar-refractivity contribution in [3.05, 3.63) is 0 Å². The molecule has 0 radical (unpaired) electrons. The van der Waals surface area contributed by atoms with Crippen molar-refractivity contribution >= 4 is 18.4 Å². The largest absolute Gasteiger partial charge is 0.468 e. The number of ether oxygens (including phenoxy) is 3. The Hall–Kier alpha value is -0.360. The second-order valence-electron chi connectivity index (χ2n) is 3.31. The van der Waals surface area contributed by atoms with Crippen LogP contribution in [0.3, 0.4) is 0 Å². The van der Waals surface area contributed by atoms with E-state index in [9.17, 15) is 4.79 Å². The average molecular weight is 240 g/mol. The minimum absolute atomic E-state index is 0. The second-order valence-corrected chi connectivity index (χ2v) is 3.31. The fraction of sp³-hybridized carbons (Fsp3) is 0.889. The molecule has 0 amide bonds. The van der Waals surface area contributed by atoms with Gasteiger partial charge in [0.2, 0.25) is 0 Å². The zero-order chi connectivity index (χ0) is 10.6. The maximum absolute atomic E-state index is 11.2. The molecule has 1 N–H and O–H groups in total. The number of hydrogen-bond donors (Lipinski definition) is 1. The molecule has 1 atom stereocenters. The number of halogens is 1. The Morgan fingerprint density at radius 3 is 2.27 bits per heavy atom. The van der Waals surface area contributed by atoms with Crippen molar-refractivity contribution in [2.45, 2.75) is 24.7 Å². The lowest BCUT2D eigenvalue weighted by Gasteiger charge is -2.37. The maximum Gasteiger partial charge on any atom is 0.322 e. The van der Waals surface area contributed by atoms with Gasteiger partial charge in [-0.2, -0.15) is 0 Å². The van der Waals surface area contributed by atoms with Gasteiger partial charge in [0.15, 0.2) is 5.79 Å². The van der Waals surface area contributed by atoms with Crippen molar-refractivity contribution in [2.75, 3.05) is 27.9 Å². The van der Waals surface area contributed by atoms with Gasteiger partial charge in [0.1, 0.15) is 6.04 Å². The first kappa shape index (κ1) is 14.6. The molecule has 6 heteroatoms. The molecule has 0 spiro atoms. The molecule has 1 aliphatic rings. The molecule has 1 saturated heterocycles. The lowest BCUT2D eigenvalue weighted by atomic mass is 9.99. The molecule has 0 aromatic rings. The van der Waals surface area contributed by atoms with E-state index in [0.29, 0.717) is 19.4 Å². The molecule has 0 saturated carbocycles. The van der Waals surface area contributed by atoms with Crippen LogP contribution in [-0.2, 0) is 19.0 Å². The van der Waals surface area contributed by atoms with Crippen LogP contribution in [0.2, 0.25) is 0 Å². The van der Waals surface area contributed by atoms with Gasteiger partial charge in [0.25, 0.3) is 0 Å². The third kappa shape index (κ3) is 3.31. The molecule has 0 aromatic carbocycles. The Bertz CT molecular complexity index is 198. The number of carbonyl (C=O) groups excluding carboxylic acids is 1. The van der Waals surface area contributed by atoms with E-state index in [2.05, 4.69) is 10.1 Å². The van der Waals surface area contributed by atoms with E-state index in [1.165, 1.54) is 7.11 Å². The summed E-state index contributed by atoms with van der Waals surface area (Å²) in [5.41, 5.74) is 0. The highest BCUT2D eigenvalue weighted by Gasteiger charge is 2.37. The summed E-state index contributed by atoms with van der Waals surface area (Å²) >= 11 is 0. The third-order valence-corrected chi connectivity index (χ3v) is 2.66. The van der Waals surface area contributed by atoms with Crippen LogP contribution in [0.4, 0.5) is 0 Å². The van der Waals surface area contributed by atoms with E-state index in [1.807, 2.05) is 0 Å². The molecule has 1 fully saturated rings. The molecule has 1 aliphatic heterocycles. The highest BCUT2D eigenvalue weighted by Crippen LogP contribution is 2.23. The summed E-state index contributed by atoms with van der Waals surface area (Å²) in [6, 6.07) is -0.238. The lowest BCUT2D eigenvalue weighted by Crippen LogP contribution is -2.55. The zero-order valence-electron chi connectivity index (χ0n) is 9.24. The summed E-state index contributed by atoms with van der Waals surface area (Å²) in [5.74, 6) is -0.823. The van der Waals surface area contributed by atoms with E-state index in [4.69, 9.17) is 9.47 Å². The molecule has 0 aromatic heterocycles. The number of piperidine rings is 1. The summed E-state index contributed by atoms with van der Waals surface area (Å²) in [6.45, 7) is 0.500. The molecular formula is C9H18ClNO4. The van der Waals surface area contributed by atoms with Gasteiger partial charge < -0.3 is 14.2 Å². The van der Waals surface area contributed by atoms with Crippen LogP contribution in [-0.4, -0.2) is 45.7 Å². The highest BCUT2D eigenvalue weighted by atomic mass is 35.5. The number of hydrogen-bond acceptors (Lipinski definition) is 5. The first-order valence-electron chi connectivity index (χ1n) is 4.59. The Morgan fingerprint density at radius 2 is 1.93 bits per heavy atom. The minimum atomic E-state index is -0.593. The number of carbonyl (C=O) groups is 1. The van der Waals surface area contributed by atoms with Crippen LogP contribution in [0.25, 0.3) is 0 Å². The quantitative estimate of drug-likeness (QED) is 0.568. The van der Waals surface area contributed by atoms with Crippen molar-refractivity contribution in [2.24, 2.45) is 0 Å². The summed E-state index contributed by atoms with van der Waals surface area (Å²) in [4.78, 5) is 11.2. The van der Waals surface area contributed by atoms with Crippen molar-refractivity contribution in [1.29, 1.82) is 0 Å². The van der Waals surface area contributed by atoms with Crippen LogP contribution >= 0.6 is 12.4 Å². The Kier molecular flexibility index (Phi) is 6.12. The summed E-state index contributed by atoms with van der Waals surface area (Å²) < 4.78 is 15.1. The fourth-order valence-corrected chi connectivity index (χ4v) is 1.61. The second kappa shape index (κ2) is 6.27. The Balaban J connectivity index is 0.00000196. The van der Waals surface area contributed by atoms with Gasteiger partial charge in [-0.3, -0.25) is 10.1 Å². The predicted molar refractivity (Wildman–Crippen MR) is 57.0 cm³/mol. The number of esters is 1. The Morgan fingerprint density at radius 1 is 1.33 bits per heavy atom.